The van der Waals surface area contributed by atoms with Crippen molar-refractivity contribution in [3.63, 3.8) is 0 Å². The highest BCUT2D eigenvalue weighted by Crippen LogP contribution is 2.52. The molecule has 1 saturated carbocycles. The number of hydrogen-bond acceptors (Lipinski definition) is 6. The lowest BCUT2D eigenvalue weighted by Gasteiger charge is -2.15. The van der Waals surface area contributed by atoms with Crippen LogP contribution in [0, 0.1) is 13.8 Å². The molecule has 1 aliphatic carbocycles. The van der Waals surface area contributed by atoms with E-state index in [1.807, 2.05) is 38.1 Å². The van der Waals surface area contributed by atoms with Gasteiger partial charge in [-0.25, -0.2) is 0 Å². The Bertz CT molecular complexity index is 1190. The third-order valence-corrected chi connectivity index (χ3v) is 5.92. The molecule has 8 heteroatoms. The molecular weight excluding hydrogens is 416 g/mol. The topological polar surface area (TPSA) is 96.3 Å². The number of pyridine rings is 2. The molecule has 32 heavy (non-hydrogen) atoms. The van der Waals surface area contributed by atoms with Gasteiger partial charge in [-0.05, 0) is 68.1 Å². The second-order valence-electron chi connectivity index (χ2n) is 8.17. The van der Waals surface area contributed by atoms with E-state index < -0.39 is 11.7 Å². The Balaban J connectivity index is 0.00000245. The lowest BCUT2D eigenvalue weighted by atomic mass is 9.88. The standard InChI is InChI=1S/C24H20F2N2O3.H3N/c1-14-3-7-18(28-22(14)16-5-4-15(2)27-13-16)12-21(29)23(9-10-23)17-6-8-19-20(11-17)31-24(25,26)30-19;/h3-8,11,13H,9-10,12H2,1-2H3;1H3. The molecule has 1 fully saturated rings. The van der Waals surface area contributed by atoms with Crippen LogP contribution in [0.4, 0.5) is 8.78 Å². The minimum absolute atomic E-state index is 0. The number of alkyl halides is 2. The normalized spacial score (nSPS) is 16.9. The van der Waals surface area contributed by atoms with Crippen LogP contribution in [0.15, 0.2) is 48.7 Å². The fourth-order valence-electron chi connectivity index (χ4n) is 4.00. The van der Waals surface area contributed by atoms with Gasteiger partial charge in [-0.15, -0.1) is 8.78 Å². The van der Waals surface area contributed by atoms with Gasteiger partial charge in [-0.2, -0.15) is 0 Å². The third kappa shape index (κ3) is 3.82. The molecule has 0 bridgehead atoms. The van der Waals surface area contributed by atoms with Crippen molar-refractivity contribution in [2.24, 2.45) is 0 Å². The number of aryl methyl sites for hydroxylation is 2. The summed E-state index contributed by atoms with van der Waals surface area (Å²) in [6, 6.07) is 12.3. The quantitative estimate of drug-likeness (QED) is 0.595. The van der Waals surface area contributed by atoms with Crippen LogP contribution in [-0.4, -0.2) is 22.0 Å². The van der Waals surface area contributed by atoms with Crippen LogP contribution in [0.2, 0.25) is 0 Å². The SMILES string of the molecule is Cc1ccc(-c2nc(CC(=O)C3(c4ccc5c(c4)OC(F)(F)O5)CC3)ccc2C)cn1.N. The number of nitrogens with zero attached hydrogens (tertiary/aromatic N) is 2. The average molecular weight is 439 g/mol. The number of hydrogen-bond donors (Lipinski definition) is 1. The lowest BCUT2D eigenvalue weighted by Crippen LogP contribution is -2.26. The fraction of sp³-hybridized carbons (Fsp3) is 0.292. The summed E-state index contributed by atoms with van der Waals surface area (Å²) in [5.74, 6) is -0.0415. The molecule has 1 aromatic carbocycles. The number of ether oxygens (including phenoxy) is 2. The van der Waals surface area contributed by atoms with Crippen LogP contribution in [-0.2, 0) is 16.6 Å². The van der Waals surface area contributed by atoms with E-state index in [0.29, 0.717) is 24.1 Å². The predicted molar refractivity (Wildman–Crippen MR) is 114 cm³/mol. The number of rotatable bonds is 5. The summed E-state index contributed by atoms with van der Waals surface area (Å²) in [5.41, 5.74) is 4.28. The second kappa shape index (κ2) is 7.63. The van der Waals surface area contributed by atoms with Gasteiger partial charge in [-0.1, -0.05) is 12.1 Å². The number of Topliss-reactive ketones (excluding diaryl/α,β-unsaturated/α-hetero) is 1. The Hall–Kier alpha value is -3.39. The maximum Gasteiger partial charge on any atom is 0.586 e. The molecule has 1 aliphatic heterocycles. The molecule has 0 amide bonds. The molecule has 0 spiro atoms. The number of halogens is 2. The first-order valence-corrected chi connectivity index (χ1v) is 10.1. The van der Waals surface area contributed by atoms with Gasteiger partial charge >= 0.3 is 6.29 Å². The first-order chi connectivity index (χ1) is 14.8. The van der Waals surface area contributed by atoms with Crippen LogP contribution in [0.25, 0.3) is 11.3 Å². The molecule has 3 N–H and O–H groups in total. The molecule has 0 unspecified atom stereocenters. The van der Waals surface area contributed by atoms with Gasteiger partial charge in [0, 0.05) is 29.6 Å². The van der Waals surface area contributed by atoms with Gasteiger partial charge in [-0.3, -0.25) is 14.8 Å². The van der Waals surface area contributed by atoms with Gasteiger partial charge in [0.15, 0.2) is 11.5 Å². The summed E-state index contributed by atoms with van der Waals surface area (Å²) in [7, 11) is 0. The molecule has 6 nitrogen and oxygen atoms in total. The number of carbonyl (C=O) groups is 1. The molecule has 2 aliphatic rings. The van der Waals surface area contributed by atoms with Crippen molar-refractivity contribution in [3.8, 4) is 22.8 Å². The molecule has 0 radical (unpaired) electrons. The summed E-state index contributed by atoms with van der Waals surface area (Å²) >= 11 is 0. The monoisotopic (exact) mass is 439 g/mol. The number of fused-ring (bicyclic) bond motifs is 1. The predicted octanol–water partition coefficient (Wildman–Crippen LogP) is 5.09. The zero-order valence-electron chi connectivity index (χ0n) is 17.8. The summed E-state index contributed by atoms with van der Waals surface area (Å²) in [4.78, 5) is 22.3. The van der Waals surface area contributed by atoms with Crippen molar-refractivity contribution >= 4 is 5.78 Å². The zero-order valence-corrected chi connectivity index (χ0v) is 17.8. The Morgan fingerprint density at radius 2 is 1.78 bits per heavy atom. The van der Waals surface area contributed by atoms with E-state index in [1.165, 1.54) is 12.1 Å². The van der Waals surface area contributed by atoms with Crippen LogP contribution in [0.1, 0.15) is 35.4 Å². The van der Waals surface area contributed by atoms with Crippen molar-refractivity contribution in [2.75, 3.05) is 0 Å². The van der Waals surface area contributed by atoms with E-state index in [1.54, 1.807) is 12.3 Å². The molecule has 166 valence electrons. The van der Waals surface area contributed by atoms with Gasteiger partial charge in [0.2, 0.25) is 0 Å². The van der Waals surface area contributed by atoms with Gasteiger partial charge in [0.05, 0.1) is 11.1 Å². The summed E-state index contributed by atoms with van der Waals surface area (Å²) < 4.78 is 35.7. The minimum atomic E-state index is -3.67. The molecular formula is C24H23F2N3O3. The third-order valence-electron chi connectivity index (χ3n) is 5.92. The first kappa shape index (κ1) is 21.8. The highest BCUT2D eigenvalue weighted by atomic mass is 19.3. The van der Waals surface area contributed by atoms with Gasteiger partial charge < -0.3 is 15.6 Å². The summed E-state index contributed by atoms with van der Waals surface area (Å²) in [6.45, 7) is 3.89. The lowest BCUT2D eigenvalue weighted by molar-refractivity contribution is -0.286. The zero-order chi connectivity index (χ0) is 21.8. The molecule has 5 rings (SSSR count). The number of ketones is 1. The van der Waals surface area contributed by atoms with E-state index in [9.17, 15) is 13.6 Å². The van der Waals surface area contributed by atoms with E-state index in [4.69, 9.17) is 4.98 Å². The number of benzene rings is 1. The molecule has 0 saturated heterocycles. The van der Waals surface area contributed by atoms with Crippen molar-refractivity contribution in [3.05, 3.63) is 71.2 Å². The van der Waals surface area contributed by atoms with E-state index >= 15 is 0 Å². The van der Waals surface area contributed by atoms with Crippen molar-refractivity contribution in [1.29, 1.82) is 0 Å². The Kier molecular flexibility index (Phi) is 5.21. The molecule has 3 aromatic rings. The van der Waals surface area contributed by atoms with E-state index in [-0.39, 0.29) is 29.9 Å². The van der Waals surface area contributed by atoms with Crippen molar-refractivity contribution < 1.29 is 23.0 Å². The highest BCUT2D eigenvalue weighted by Gasteiger charge is 2.52. The number of aromatic nitrogens is 2. The number of carbonyl (C=O) groups excluding carboxylic acids is 1. The van der Waals surface area contributed by atoms with Crippen LogP contribution >= 0.6 is 0 Å². The van der Waals surface area contributed by atoms with Crippen molar-refractivity contribution in [1.82, 2.24) is 16.1 Å². The van der Waals surface area contributed by atoms with Gasteiger partial charge in [0.1, 0.15) is 5.78 Å². The minimum Gasteiger partial charge on any atom is -0.395 e. The Morgan fingerprint density at radius 1 is 1.03 bits per heavy atom. The van der Waals surface area contributed by atoms with E-state index in [0.717, 1.165) is 22.5 Å². The molecule has 0 atom stereocenters. The Morgan fingerprint density at radius 3 is 2.47 bits per heavy atom. The highest BCUT2D eigenvalue weighted by molar-refractivity contribution is 5.94. The fourth-order valence-corrected chi connectivity index (χ4v) is 4.00. The Labute approximate surface area is 184 Å². The summed E-state index contributed by atoms with van der Waals surface area (Å²) in [5, 5.41) is 0. The smallest absolute Gasteiger partial charge is 0.395 e. The maximum atomic E-state index is 13.3. The average Bonchev–Trinajstić information content (AvgIpc) is 3.47. The van der Waals surface area contributed by atoms with E-state index in [2.05, 4.69) is 14.5 Å². The van der Waals surface area contributed by atoms with Crippen molar-refractivity contribution in [2.45, 2.75) is 44.8 Å². The van der Waals surface area contributed by atoms with Crippen LogP contribution in [0.5, 0.6) is 11.5 Å². The second-order valence-corrected chi connectivity index (χ2v) is 8.17. The van der Waals surface area contributed by atoms with Crippen LogP contribution in [0.3, 0.4) is 0 Å². The summed E-state index contributed by atoms with van der Waals surface area (Å²) in [6.07, 6.45) is -0.391. The molecule has 2 aromatic heterocycles. The largest absolute Gasteiger partial charge is 0.586 e. The van der Waals surface area contributed by atoms with Gasteiger partial charge in [0.25, 0.3) is 0 Å². The van der Waals surface area contributed by atoms with Crippen LogP contribution < -0.4 is 15.6 Å². The first-order valence-electron chi connectivity index (χ1n) is 10.1. The molecule has 3 heterocycles. The maximum absolute atomic E-state index is 13.3.